The number of nitrogens with zero attached hydrogens (tertiary/aromatic N) is 1. The summed E-state index contributed by atoms with van der Waals surface area (Å²) in [4.78, 5) is 0. The van der Waals surface area contributed by atoms with E-state index in [9.17, 15) is 0 Å². The molecule has 1 rings (SSSR count). The lowest BCUT2D eigenvalue weighted by molar-refractivity contribution is 0.410. The Morgan fingerprint density at radius 2 is 2.19 bits per heavy atom. The highest BCUT2D eigenvalue weighted by molar-refractivity contribution is 5.75. The Balaban J connectivity index is 2.71. The fourth-order valence-electron chi connectivity index (χ4n) is 1.44. The minimum absolute atomic E-state index is 0.0317. The summed E-state index contributed by atoms with van der Waals surface area (Å²) < 4.78 is 5.25. The molecule has 5 N–H and O–H groups in total. The summed E-state index contributed by atoms with van der Waals surface area (Å²) in [6.07, 6.45) is 0.930. The minimum Gasteiger partial charge on any atom is -0.496 e. The number of guanidine groups is 1. The molecule has 0 saturated heterocycles. The van der Waals surface area contributed by atoms with Crippen molar-refractivity contribution in [2.75, 3.05) is 7.11 Å². The van der Waals surface area contributed by atoms with Crippen molar-refractivity contribution in [1.29, 1.82) is 0 Å². The average Bonchev–Trinajstić information content (AvgIpc) is 2.28. The number of hydrazone groups is 1. The number of nitrogens with two attached hydrogens (primary N) is 2. The summed E-state index contributed by atoms with van der Waals surface area (Å²) in [5.74, 6) is 0.942. The molecule has 0 aliphatic heterocycles. The van der Waals surface area contributed by atoms with Crippen molar-refractivity contribution >= 4 is 5.96 Å². The van der Waals surface area contributed by atoms with E-state index in [-0.39, 0.29) is 5.96 Å². The van der Waals surface area contributed by atoms with Crippen LogP contribution in [-0.4, -0.2) is 13.1 Å². The van der Waals surface area contributed by atoms with E-state index in [4.69, 9.17) is 16.2 Å². The van der Waals surface area contributed by atoms with Crippen LogP contribution >= 0.6 is 0 Å². The van der Waals surface area contributed by atoms with Gasteiger partial charge in [0.15, 0.2) is 0 Å². The number of rotatable bonds is 5. The maximum absolute atomic E-state index is 5.25. The van der Waals surface area contributed by atoms with Gasteiger partial charge in [-0.15, -0.1) is 5.10 Å². The van der Waals surface area contributed by atoms with Crippen molar-refractivity contribution in [3.05, 3.63) is 29.3 Å². The van der Waals surface area contributed by atoms with Crippen LogP contribution in [0.2, 0.25) is 0 Å². The van der Waals surface area contributed by atoms with Crippen LogP contribution in [0.1, 0.15) is 18.1 Å². The molecular formula is C11H18N4O. The van der Waals surface area contributed by atoms with Crippen molar-refractivity contribution in [1.82, 2.24) is 5.43 Å². The van der Waals surface area contributed by atoms with Crippen LogP contribution in [-0.2, 0) is 13.0 Å². The predicted molar refractivity (Wildman–Crippen MR) is 65.0 cm³/mol. The second kappa shape index (κ2) is 5.85. The van der Waals surface area contributed by atoms with Gasteiger partial charge < -0.3 is 21.6 Å². The van der Waals surface area contributed by atoms with E-state index in [0.717, 1.165) is 17.7 Å². The number of benzene rings is 1. The van der Waals surface area contributed by atoms with Crippen LogP contribution in [0.4, 0.5) is 0 Å². The van der Waals surface area contributed by atoms with Crippen LogP contribution in [0.3, 0.4) is 0 Å². The average molecular weight is 222 g/mol. The van der Waals surface area contributed by atoms with Gasteiger partial charge in [0.05, 0.1) is 13.7 Å². The van der Waals surface area contributed by atoms with Crippen molar-refractivity contribution < 1.29 is 4.74 Å². The molecule has 0 aliphatic carbocycles. The molecule has 0 saturated carbocycles. The number of aryl methyl sites for hydroxylation is 1. The Hall–Kier alpha value is -1.91. The molecule has 0 radical (unpaired) electrons. The van der Waals surface area contributed by atoms with E-state index in [1.807, 2.05) is 12.1 Å². The zero-order valence-electron chi connectivity index (χ0n) is 9.66. The molecule has 0 atom stereocenters. The highest BCUT2D eigenvalue weighted by Crippen LogP contribution is 2.20. The Bertz CT molecular complexity index is 372. The first-order valence-corrected chi connectivity index (χ1v) is 5.14. The second-order valence-electron chi connectivity index (χ2n) is 3.37. The zero-order chi connectivity index (χ0) is 12.0. The molecule has 0 fully saturated rings. The van der Waals surface area contributed by atoms with Crippen LogP contribution < -0.4 is 21.6 Å². The summed E-state index contributed by atoms with van der Waals surface area (Å²) >= 11 is 0. The third-order valence-electron chi connectivity index (χ3n) is 2.22. The Labute approximate surface area is 95.5 Å². The van der Waals surface area contributed by atoms with Crippen LogP contribution in [0.5, 0.6) is 5.75 Å². The number of hydrogen-bond acceptors (Lipinski definition) is 3. The zero-order valence-corrected chi connectivity index (χ0v) is 9.66. The minimum atomic E-state index is 0.0317. The normalized spacial score (nSPS) is 9.62. The molecule has 0 amide bonds. The number of ether oxygens (including phenoxy) is 1. The Morgan fingerprint density at radius 3 is 2.75 bits per heavy atom. The molecule has 0 bridgehead atoms. The van der Waals surface area contributed by atoms with Gasteiger partial charge in [0, 0.05) is 0 Å². The summed E-state index contributed by atoms with van der Waals surface area (Å²) in [5, 5.41) is 3.71. The lowest BCUT2D eigenvalue weighted by atomic mass is 10.1. The molecule has 0 aromatic heterocycles. The van der Waals surface area contributed by atoms with Crippen molar-refractivity contribution in [3.8, 4) is 5.75 Å². The fourth-order valence-corrected chi connectivity index (χ4v) is 1.44. The summed E-state index contributed by atoms with van der Waals surface area (Å²) in [5.41, 5.74) is 15.5. The molecule has 88 valence electrons. The molecule has 0 aliphatic rings. The van der Waals surface area contributed by atoms with Crippen LogP contribution in [0.25, 0.3) is 0 Å². The largest absolute Gasteiger partial charge is 0.496 e. The second-order valence-corrected chi connectivity index (χ2v) is 3.37. The fraction of sp³-hybridized carbons (Fsp3) is 0.364. The molecule has 0 spiro atoms. The number of hydrogen-bond donors (Lipinski definition) is 3. The van der Waals surface area contributed by atoms with Gasteiger partial charge in [-0.3, -0.25) is 0 Å². The first-order valence-electron chi connectivity index (χ1n) is 5.14. The van der Waals surface area contributed by atoms with Gasteiger partial charge >= 0.3 is 0 Å². The van der Waals surface area contributed by atoms with Crippen molar-refractivity contribution in [2.24, 2.45) is 16.6 Å². The van der Waals surface area contributed by atoms with Gasteiger partial charge in [0.25, 0.3) is 0 Å². The Kier molecular flexibility index (Phi) is 4.44. The lowest BCUT2D eigenvalue weighted by Crippen LogP contribution is -2.26. The molecule has 1 aromatic rings. The van der Waals surface area contributed by atoms with Gasteiger partial charge in [0.1, 0.15) is 5.75 Å². The van der Waals surface area contributed by atoms with Crippen molar-refractivity contribution in [3.63, 3.8) is 0 Å². The van der Waals surface area contributed by atoms with Crippen LogP contribution in [0.15, 0.2) is 23.3 Å². The van der Waals surface area contributed by atoms with Crippen LogP contribution in [0, 0.1) is 0 Å². The molecular weight excluding hydrogens is 204 g/mol. The topological polar surface area (TPSA) is 85.7 Å². The first-order chi connectivity index (χ1) is 7.67. The Morgan fingerprint density at radius 1 is 1.44 bits per heavy atom. The van der Waals surface area contributed by atoms with E-state index in [2.05, 4.69) is 23.5 Å². The smallest absolute Gasteiger partial charge is 0.208 e. The molecule has 0 unspecified atom stereocenters. The van der Waals surface area contributed by atoms with Gasteiger partial charge in [-0.1, -0.05) is 19.1 Å². The lowest BCUT2D eigenvalue weighted by Gasteiger charge is -2.09. The summed E-state index contributed by atoms with van der Waals surface area (Å²) in [6, 6.07) is 6.01. The first kappa shape index (κ1) is 12.2. The van der Waals surface area contributed by atoms with E-state index < -0.39 is 0 Å². The SMILES string of the molecule is CCc1cc(CNN=C(N)N)ccc1OC. The molecule has 16 heavy (non-hydrogen) atoms. The standard InChI is InChI=1S/C11H18N4O/c1-3-9-6-8(4-5-10(9)16-2)7-14-15-11(12)13/h4-6,14H,3,7H2,1-2H3,(H4,12,13,15). The molecule has 5 heteroatoms. The maximum Gasteiger partial charge on any atom is 0.208 e. The predicted octanol–water partition coefficient (Wildman–Crippen LogP) is 0.536. The van der Waals surface area contributed by atoms with E-state index in [0.29, 0.717) is 6.54 Å². The van der Waals surface area contributed by atoms with E-state index in [1.54, 1.807) is 7.11 Å². The maximum atomic E-state index is 5.25. The monoisotopic (exact) mass is 222 g/mol. The van der Waals surface area contributed by atoms with Gasteiger partial charge in [-0.25, -0.2) is 0 Å². The highest BCUT2D eigenvalue weighted by atomic mass is 16.5. The van der Waals surface area contributed by atoms with Gasteiger partial charge in [0.2, 0.25) is 5.96 Å². The molecule has 0 heterocycles. The molecule has 5 nitrogen and oxygen atoms in total. The number of methoxy groups -OCH3 is 1. The summed E-state index contributed by atoms with van der Waals surface area (Å²) in [6.45, 7) is 2.68. The van der Waals surface area contributed by atoms with Gasteiger partial charge in [-0.05, 0) is 23.6 Å². The van der Waals surface area contributed by atoms with Gasteiger partial charge in [-0.2, -0.15) is 0 Å². The summed E-state index contributed by atoms with van der Waals surface area (Å²) in [7, 11) is 1.67. The highest BCUT2D eigenvalue weighted by Gasteiger charge is 2.01. The third kappa shape index (κ3) is 3.34. The van der Waals surface area contributed by atoms with Crippen molar-refractivity contribution in [2.45, 2.75) is 19.9 Å². The molecule has 1 aromatic carbocycles. The number of nitrogens with one attached hydrogen (secondary N) is 1. The van der Waals surface area contributed by atoms with E-state index >= 15 is 0 Å². The third-order valence-corrected chi connectivity index (χ3v) is 2.22. The van der Waals surface area contributed by atoms with E-state index in [1.165, 1.54) is 5.56 Å². The quantitative estimate of drug-likeness (QED) is 0.385.